The number of carbonyl (C=O) groups is 3. The number of benzene rings is 2. The van der Waals surface area contributed by atoms with Gasteiger partial charge in [0.1, 0.15) is 5.70 Å². The van der Waals surface area contributed by atoms with E-state index in [4.69, 9.17) is 44.3 Å². The predicted molar refractivity (Wildman–Crippen MR) is 122 cm³/mol. The molecule has 1 atom stereocenters. The van der Waals surface area contributed by atoms with Gasteiger partial charge < -0.3 is 14.8 Å². The van der Waals surface area contributed by atoms with E-state index in [1.54, 1.807) is 44.2 Å². The molecule has 0 fully saturated rings. The second kappa shape index (κ2) is 10.3. The van der Waals surface area contributed by atoms with Crippen LogP contribution in [0.15, 0.2) is 53.7 Å². The Balaban J connectivity index is 2.28. The van der Waals surface area contributed by atoms with Crippen LogP contribution in [0.25, 0.3) is 0 Å². The smallest absolute Gasteiger partial charge is 0.356 e. The largest absolute Gasteiger partial charge is 0.463 e. The van der Waals surface area contributed by atoms with Crippen LogP contribution in [0.3, 0.4) is 0 Å². The molecule has 32 heavy (non-hydrogen) atoms. The molecule has 1 heterocycles. The quantitative estimate of drug-likeness (QED) is 0.548. The number of anilines is 1. The van der Waals surface area contributed by atoms with Crippen LogP contribution in [0, 0.1) is 0 Å². The summed E-state index contributed by atoms with van der Waals surface area (Å²) < 4.78 is 10.4. The number of hydrogen-bond acceptors (Lipinski definition) is 5. The van der Waals surface area contributed by atoms with Crippen molar-refractivity contribution < 1.29 is 23.9 Å². The molecule has 3 rings (SSSR count). The zero-order valence-electron chi connectivity index (χ0n) is 17.2. The number of esters is 2. The molecule has 0 spiro atoms. The van der Waals surface area contributed by atoms with E-state index in [2.05, 4.69) is 5.32 Å². The van der Waals surface area contributed by atoms with Gasteiger partial charge in [0.2, 0.25) is 0 Å². The third kappa shape index (κ3) is 4.85. The second-order valence-corrected chi connectivity index (χ2v) is 7.82. The van der Waals surface area contributed by atoms with Gasteiger partial charge in [-0.05, 0) is 55.8 Å². The number of ether oxygens (including phenoxy) is 2. The minimum Gasteiger partial charge on any atom is -0.463 e. The summed E-state index contributed by atoms with van der Waals surface area (Å²) in [4.78, 5) is 40.3. The van der Waals surface area contributed by atoms with E-state index >= 15 is 0 Å². The number of amides is 2. The van der Waals surface area contributed by atoms with Crippen molar-refractivity contribution in [3.63, 3.8) is 0 Å². The summed E-state index contributed by atoms with van der Waals surface area (Å²) in [5, 5.41) is 3.70. The van der Waals surface area contributed by atoms with E-state index in [9.17, 15) is 14.4 Å². The molecule has 2 amide bonds. The Labute approximate surface area is 199 Å². The third-order valence-corrected chi connectivity index (χ3v) is 5.56. The molecule has 1 aliphatic rings. The molecule has 2 aromatic carbocycles. The average Bonchev–Trinajstić information content (AvgIpc) is 2.76. The fourth-order valence-corrected chi connectivity index (χ4v) is 3.65. The standard InChI is InChI=1S/C22H19Cl3N2O5/c1-3-31-20(28)17-18(12-5-10-15(24)16(25)11-12)26-22(30)27(19(17)21(29)32-4-2)14-8-6-13(23)7-9-14/h5-11,18H,3-4H2,1-2H3,(H,26,30). The molecule has 0 saturated carbocycles. The van der Waals surface area contributed by atoms with E-state index in [1.165, 1.54) is 12.1 Å². The highest BCUT2D eigenvalue weighted by molar-refractivity contribution is 6.42. The van der Waals surface area contributed by atoms with Gasteiger partial charge in [0.15, 0.2) is 0 Å². The maximum atomic E-state index is 13.2. The number of carbonyl (C=O) groups excluding carboxylic acids is 3. The molecule has 1 N–H and O–H groups in total. The van der Waals surface area contributed by atoms with Crippen LogP contribution >= 0.6 is 34.8 Å². The van der Waals surface area contributed by atoms with Crippen molar-refractivity contribution in [3.8, 4) is 0 Å². The molecule has 0 aromatic heterocycles. The zero-order valence-corrected chi connectivity index (χ0v) is 19.4. The minimum absolute atomic E-state index is 0.0337. The summed E-state index contributed by atoms with van der Waals surface area (Å²) in [6.07, 6.45) is 0. The first kappa shape index (κ1) is 23.9. The van der Waals surface area contributed by atoms with Gasteiger partial charge in [0.25, 0.3) is 0 Å². The van der Waals surface area contributed by atoms with Gasteiger partial charge in [-0.3, -0.25) is 4.90 Å². The molecule has 7 nitrogen and oxygen atoms in total. The number of nitrogens with zero attached hydrogens (tertiary/aromatic N) is 1. The molecular formula is C22H19Cl3N2O5. The molecular weight excluding hydrogens is 479 g/mol. The van der Waals surface area contributed by atoms with Crippen molar-refractivity contribution >= 4 is 58.5 Å². The molecule has 10 heteroatoms. The van der Waals surface area contributed by atoms with E-state index in [-0.39, 0.29) is 29.5 Å². The fraction of sp³-hybridized carbons (Fsp3) is 0.227. The average molecular weight is 498 g/mol. The normalized spacial score (nSPS) is 16.0. The van der Waals surface area contributed by atoms with Gasteiger partial charge in [-0.25, -0.2) is 14.4 Å². The van der Waals surface area contributed by atoms with Crippen molar-refractivity contribution in [1.29, 1.82) is 0 Å². The number of hydrogen-bond donors (Lipinski definition) is 1. The first-order valence-electron chi connectivity index (χ1n) is 9.68. The summed E-state index contributed by atoms with van der Waals surface area (Å²) in [6.45, 7) is 3.34. The summed E-state index contributed by atoms with van der Waals surface area (Å²) in [5.41, 5.74) is 0.392. The lowest BCUT2D eigenvalue weighted by atomic mass is 9.94. The molecule has 1 aliphatic heterocycles. The number of urea groups is 1. The van der Waals surface area contributed by atoms with Crippen molar-refractivity contribution in [2.75, 3.05) is 18.1 Å². The predicted octanol–water partition coefficient (Wildman–Crippen LogP) is 5.30. The van der Waals surface area contributed by atoms with E-state index in [1.807, 2.05) is 0 Å². The highest BCUT2D eigenvalue weighted by Gasteiger charge is 2.42. The second-order valence-electron chi connectivity index (χ2n) is 6.57. The monoisotopic (exact) mass is 496 g/mol. The molecule has 1 unspecified atom stereocenters. The Morgan fingerprint density at radius 2 is 1.56 bits per heavy atom. The van der Waals surface area contributed by atoms with Crippen LogP contribution in [-0.4, -0.2) is 31.2 Å². The van der Waals surface area contributed by atoms with E-state index < -0.39 is 24.0 Å². The lowest BCUT2D eigenvalue weighted by Gasteiger charge is -2.35. The maximum absolute atomic E-state index is 13.2. The molecule has 0 aliphatic carbocycles. The van der Waals surface area contributed by atoms with Crippen molar-refractivity contribution in [3.05, 3.63) is 74.4 Å². The van der Waals surface area contributed by atoms with Crippen LogP contribution in [0.4, 0.5) is 10.5 Å². The van der Waals surface area contributed by atoms with Crippen LogP contribution < -0.4 is 10.2 Å². The van der Waals surface area contributed by atoms with Gasteiger partial charge in [0.05, 0.1) is 40.6 Å². The van der Waals surface area contributed by atoms with Gasteiger partial charge in [-0.1, -0.05) is 40.9 Å². The number of rotatable bonds is 6. The highest BCUT2D eigenvalue weighted by atomic mass is 35.5. The maximum Gasteiger partial charge on any atom is 0.356 e. The van der Waals surface area contributed by atoms with Crippen LogP contribution in [0.2, 0.25) is 15.1 Å². The SMILES string of the molecule is CCOC(=O)C1=C(C(=O)OCC)N(c2ccc(Cl)cc2)C(=O)NC1c1ccc(Cl)c(Cl)c1. The van der Waals surface area contributed by atoms with Crippen molar-refractivity contribution in [2.45, 2.75) is 19.9 Å². The van der Waals surface area contributed by atoms with Crippen LogP contribution in [0.1, 0.15) is 25.5 Å². The summed E-state index contributed by atoms with van der Waals surface area (Å²) in [7, 11) is 0. The lowest BCUT2D eigenvalue weighted by molar-refractivity contribution is -0.142. The van der Waals surface area contributed by atoms with Crippen molar-refractivity contribution in [1.82, 2.24) is 5.32 Å². The van der Waals surface area contributed by atoms with Gasteiger partial charge in [-0.15, -0.1) is 0 Å². The summed E-state index contributed by atoms with van der Waals surface area (Å²) >= 11 is 18.1. The fourth-order valence-electron chi connectivity index (χ4n) is 3.22. The number of nitrogens with one attached hydrogen (secondary N) is 1. The lowest BCUT2D eigenvalue weighted by Crippen LogP contribution is -2.51. The van der Waals surface area contributed by atoms with E-state index in [0.717, 1.165) is 4.90 Å². The molecule has 0 bridgehead atoms. The van der Waals surface area contributed by atoms with Crippen molar-refractivity contribution in [2.24, 2.45) is 0 Å². The Hall–Kier alpha value is -2.74. The van der Waals surface area contributed by atoms with Gasteiger partial charge in [0, 0.05) is 5.02 Å². The van der Waals surface area contributed by atoms with Crippen LogP contribution in [-0.2, 0) is 19.1 Å². The Bertz CT molecular complexity index is 1090. The molecule has 168 valence electrons. The van der Waals surface area contributed by atoms with Crippen LogP contribution in [0.5, 0.6) is 0 Å². The third-order valence-electron chi connectivity index (χ3n) is 4.56. The highest BCUT2D eigenvalue weighted by Crippen LogP contribution is 2.37. The topological polar surface area (TPSA) is 84.9 Å². The molecule has 0 saturated heterocycles. The minimum atomic E-state index is -1.03. The van der Waals surface area contributed by atoms with Gasteiger partial charge >= 0.3 is 18.0 Å². The first-order valence-corrected chi connectivity index (χ1v) is 10.8. The van der Waals surface area contributed by atoms with Gasteiger partial charge in [-0.2, -0.15) is 0 Å². The first-order chi connectivity index (χ1) is 15.3. The number of halogens is 3. The molecule has 2 aromatic rings. The Morgan fingerprint density at radius 3 is 2.16 bits per heavy atom. The van der Waals surface area contributed by atoms with E-state index in [0.29, 0.717) is 21.3 Å². The summed E-state index contributed by atoms with van der Waals surface area (Å²) in [6, 6.07) is 9.16. The molecule has 0 radical (unpaired) electrons. The Morgan fingerprint density at radius 1 is 0.938 bits per heavy atom. The zero-order chi connectivity index (χ0) is 23.4. The Kier molecular flexibility index (Phi) is 7.66. The summed E-state index contributed by atoms with van der Waals surface area (Å²) in [5.74, 6) is -1.64.